The van der Waals surface area contributed by atoms with Crippen LogP contribution in [0.5, 0.6) is 11.5 Å². The molecule has 1 atom stereocenters. The monoisotopic (exact) mass is 560 g/mol. The third kappa shape index (κ3) is 6.56. The quantitative estimate of drug-likeness (QED) is 0.474. The Hall–Kier alpha value is -3.09. The van der Waals surface area contributed by atoms with Gasteiger partial charge in [0.1, 0.15) is 13.2 Å². The predicted molar refractivity (Wildman–Crippen MR) is 143 cm³/mol. The number of sulfonamides is 1. The van der Waals surface area contributed by atoms with E-state index < -0.39 is 10.0 Å². The third-order valence-electron chi connectivity index (χ3n) is 7.65. The minimum absolute atomic E-state index is 0.00580. The lowest BCUT2D eigenvalue weighted by atomic mass is 9.87. The van der Waals surface area contributed by atoms with Gasteiger partial charge in [0.2, 0.25) is 10.0 Å². The number of nitrogens with zero attached hydrogens (tertiary/aromatic N) is 2. The summed E-state index contributed by atoms with van der Waals surface area (Å²) in [6, 6.07) is 8.39. The molecule has 2 aromatic rings. The van der Waals surface area contributed by atoms with E-state index in [1.54, 1.807) is 35.2 Å². The van der Waals surface area contributed by atoms with Crippen LogP contribution in [0.2, 0.25) is 0 Å². The van der Waals surface area contributed by atoms with Gasteiger partial charge < -0.3 is 29.4 Å². The number of carbonyl (C=O) groups excluding carboxylic acids is 2. The number of furan rings is 1. The average molecular weight is 561 g/mol. The maximum atomic E-state index is 13.3. The number of benzene rings is 1. The number of piperidine rings is 1. The lowest BCUT2D eigenvalue weighted by Gasteiger charge is -2.34. The molecule has 12 heteroatoms. The number of nitrogens with one attached hydrogen (secondary N) is 2. The Morgan fingerprint density at radius 1 is 1.03 bits per heavy atom. The molecule has 212 valence electrons. The fourth-order valence-electron chi connectivity index (χ4n) is 5.51. The minimum Gasteiger partial charge on any atom is -0.486 e. The maximum absolute atomic E-state index is 13.3. The van der Waals surface area contributed by atoms with Gasteiger partial charge in [-0.2, -0.15) is 4.31 Å². The minimum atomic E-state index is -3.50. The molecule has 1 aromatic carbocycles. The van der Waals surface area contributed by atoms with Crippen molar-refractivity contribution in [1.82, 2.24) is 19.8 Å². The zero-order valence-corrected chi connectivity index (χ0v) is 22.8. The van der Waals surface area contributed by atoms with E-state index in [0.717, 1.165) is 25.9 Å². The molecule has 2 N–H and O–H groups in total. The van der Waals surface area contributed by atoms with Crippen LogP contribution in [0.15, 0.2) is 41.0 Å². The molecule has 0 spiro atoms. The van der Waals surface area contributed by atoms with Crippen LogP contribution in [-0.2, 0) is 10.0 Å². The molecule has 2 amide bonds. The molecular formula is C27H36N4O7S. The first-order chi connectivity index (χ1) is 18.9. The molecule has 0 bridgehead atoms. The van der Waals surface area contributed by atoms with Crippen molar-refractivity contribution in [1.29, 1.82) is 0 Å². The molecule has 3 aliphatic rings. The highest BCUT2D eigenvalue weighted by atomic mass is 32.2. The summed E-state index contributed by atoms with van der Waals surface area (Å²) in [4.78, 5) is 27.4. The van der Waals surface area contributed by atoms with Crippen molar-refractivity contribution in [3.8, 4) is 11.5 Å². The fraction of sp³-hybridized carbons (Fsp3) is 0.556. The molecule has 5 rings (SSSR count). The van der Waals surface area contributed by atoms with E-state index in [1.165, 1.54) is 10.6 Å². The van der Waals surface area contributed by atoms with Crippen molar-refractivity contribution in [2.75, 3.05) is 58.2 Å². The normalized spacial score (nSPS) is 19.4. The Bertz CT molecular complexity index is 1240. The van der Waals surface area contributed by atoms with E-state index >= 15 is 0 Å². The standard InChI is InChI=1S/C27H36N4O7S/c32-26(21-4-1-6-23-25(21)38-18-17-37-23)29-22(20-8-10-28-11-9-20)5-3-19-39(34,35)31-14-12-30(13-15-31)27(33)24-7-2-16-36-24/h1-2,4,6-7,16,20,22,28H,3,5,8-15,17-19H2,(H,29,32). The van der Waals surface area contributed by atoms with Gasteiger partial charge in [-0.15, -0.1) is 0 Å². The van der Waals surface area contributed by atoms with Gasteiger partial charge in [0.25, 0.3) is 11.8 Å². The van der Waals surface area contributed by atoms with Crippen molar-refractivity contribution >= 4 is 21.8 Å². The lowest BCUT2D eigenvalue weighted by Crippen LogP contribution is -2.51. The Labute approximate surface area is 228 Å². The molecule has 2 saturated heterocycles. The van der Waals surface area contributed by atoms with Crippen LogP contribution in [0, 0.1) is 5.92 Å². The van der Waals surface area contributed by atoms with Crippen LogP contribution in [0.4, 0.5) is 0 Å². The van der Waals surface area contributed by atoms with Crippen LogP contribution < -0.4 is 20.1 Å². The van der Waals surface area contributed by atoms with E-state index in [4.69, 9.17) is 13.9 Å². The van der Waals surface area contributed by atoms with Crippen LogP contribution in [-0.4, -0.2) is 93.7 Å². The highest BCUT2D eigenvalue weighted by Gasteiger charge is 2.32. The Kier molecular flexibility index (Phi) is 8.73. The number of piperazine rings is 1. The number of rotatable bonds is 9. The summed E-state index contributed by atoms with van der Waals surface area (Å²) < 4.78 is 44.3. The Morgan fingerprint density at radius 2 is 1.79 bits per heavy atom. The smallest absolute Gasteiger partial charge is 0.289 e. The summed E-state index contributed by atoms with van der Waals surface area (Å²) in [5.41, 5.74) is 0.431. The van der Waals surface area contributed by atoms with Crippen molar-refractivity contribution in [2.45, 2.75) is 31.7 Å². The Balaban J connectivity index is 1.17. The van der Waals surface area contributed by atoms with E-state index in [9.17, 15) is 18.0 Å². The van der Waals surface area contributed by atoms with Crippen LogP contribution in [0.1, 0.15) is 46.6 Å². The van der Waals surface area contributed by atoms with Gasteiger partial charge in [-0.05, 0) is 69.0 Å². The van der Waals surface area contributed by atoms with Crippen molar-refractivity contribution < 1.29 is 31.9 Å². The predicted octanol–water partition coefficient (Wildman–Crippen LogP) is 1.72. The van der Waals surface area contributed by atoms with Gasteiger partial charge in [-0.3, -0.25) is 9.59 Å². The zero-order valence-electron chi connectivity index (χ0n) is 22.0. The first-order valence-corrected chi connectivity index (χ1v) is 15.2. The summed E-state index contributed by atoms with van der Waals surface area (Å²) in [5, 5.41) is 6.54. The number of para-hydroxylation sites is 1. The van der Waals surface area contributed by atoms with E-state index in [0.29, 0.717) is 56.2 Å². The van der Waals surface area contributed by atoms with E-state index in [1.807, 2.05) is 0 Å². The molecule has 0 radical (unpaired) electrons. The number of carbonyl (C=O) groups is 2. The van der Waals surface area contributed by atoms with Gasteiger partial charge in [0.05, 0.1) is 17.6 Å². The number of hydrogen-bond acceptors (Lipinski definition) is 8. The molecule has 1 aromatic heterocycles. The van der Waals surface area contributed by atoms with Gasteiger partial charge in [-0.25, -0.2) is 8.42 Å². The summed E-state index contributed by atoms with van der Waals surface area (Å²) >= 11 is 0. The van der Waals surface area contributed by atoms with Crippen LogP contribution in [0.25, 0.3) is 0 Å². The summed E-state index contributed by atoms with van der Waals surface area (Å²) in [6.07, 6.45) is 4.25. The van der Waals surface area contributed by atoms with Crippen molar-refractivity contribution in [3.05, 3.63) is 47.9 Å². The molecule has 11 nitrogen and oxygen atoms in total. The van der Waals surface area contributed by atoms with Crippen molar-refractivity contribution in [2.24, 2.45) is 5.92 Å². The molecule has 39 heavy (non-hydrogen) atoms. The second-order valence-electron chi connectivity index (χ2n) is 10.1. The van der Waals surface area contributed by atoms with E-state index in [2.05, 4.69) is 10.6 Å². The Morgan fingerprint density at radius 3 is 2.54 bits per heavy atom. The number of amides is 2. The van der Waals surface area contributed by atoms with E-state index in [-0.39, 0.29) is 48.4 Å². The number of fused-ring (bicyclic) bond motifs is 1. The zero-order chi connectivity index (χ0) is 27.2. The molecule has 2 fully saturated rings. The van der Waals surface area contributed by atoms with Gasteiger partial charge in [0, 0.05) is 32.2 Å². The first kappa shape index (κ1) is 27.5. The summed E-state index contributed by atoms with van der Waals surface area (Å²) in [7, 11) is -3.50. The number of ether oxygens (including phenoxy) is 2. The molecule has 4 heterocycles. The first-order valence-electron chi connectivity index (χ1n) is 13.6. The van der Waals surface area contributed by atoms with Gasteiger partial charge in [0.15, 0.2) is 17.3 Å². The highest BCUT2D eigenvalue weighted by Crippen LogP contribution is 2.34. The summed E-state index contributed by atoms with van der Waals surface area (Å²) in [6.45, 7) is 3.72. The molecule has 1 unspecified atom stereocenters. The fourth-order valence-corrected chi connectivity index (χ4v) is 7.02. The highest BCUT2D eigenvalue weighted by molar-refractivity contribution is 7.89. The molecule has 3 aliphatic heterocycles. The molecule has 0 saturated carbocycles. The molecule has 0 aliphatic carbocycles. The molecular weight excluding hydrogens is 524 g/mol. The lowest BCUT2D eigenvalue weighted by molar-refractivity contribution is 0.0665. The second-order valence-corrected chi connectivity index (χ2v) is 12.2. The van der Waals surface area contributed by atoms with Crippen LogP contribution in [0.3, 0.4) is 0 Å². The van der Waals surface area contributed by atoms with Crippen LogP contribution >= 0.6 is 0 Å². The van der Waals surface area contributed by atoms with Crippen molar-refractivity contribution in [3.63, 3.8) is 0 Å². The SMILES string of the molecule is O=C(NC(CCCS(=O)(=O)N1CCN(C(=O)c2ccco2)CC1)C1CCNCC1)c1cccc2c1OCCO2. The summed E-state index contributed by atoms with van der Waals surface area (Å²) in [5.74, 6) is 1.06. The van der Waals surface area contributed by atoms with Gasteiger partial charge >= 0.3 is 0 Å². The third-order valence-corrected chi connectivity index (χ3v) is 9.61. The number of hydrogen-bond donors (Lipinski definition) is 2. The van der Waals surface area contributed by atoms with Gasteiger partial charge in [-0.1, -0.05) is 6.07 Å². The maximum Gasteiger partial charge on any atom is 0.289 e. The average Bonchev–Trinajstić information content (AvgIpc) is 3.51. The largest absolute Gasteiger partial charge is 0.486 e. The second kappa shape index (κ2) is 12.4. The topological polar surface area (TPSA) is 130 Å².